The number of carbonyl (C=O) groups is 1. The van der Waals surface area contributed by atoms with Crippen molar-refractivity contribution in [2.75, 3.05) is 39.4 Å². The van der Waals surface area contributed by atoms with Gasteiger partial charge in [-0.05, 0) is 38.8 Å². The zero-order valence-corrected chi connectivity index (χ0v) is 10.4. The quantitative estimate of drug-likeness (QED) is 0.710. The van der Waals surface area contributed by atoms with Gasteiger partial charge in [0.2, 0.25) is 5.91 Å². The Morgan fingerprint density at radius 1 is 1.06 bits per heavy atom. The molecule has 1 amide bonds. The number of carbonyl (C=O) groups excluding carboxylic acids is 1. The minimum absolute atomic E-state index is 0.239. The van der Waals surface area contributed by atoms with Crippen molar-refractivity contribution in [3.63, 3.8) is 0 Å². The van der Waals surface area contributed by atoms with E-state index in [1.807, 2.05) is 0 Å². The first-order valence-electron chi connectivity index (χ1n) is 6.95. The van der Waals surface area contributed by atoms with Crippen molar-refractivity contribution in [1.82, 2.24) is 9.80 Å². The Bertz CT molecular complexity index is 277. The molecule has 3 fully saturated rings. The van der Waals surface area contributed by atoms with Crippen molar-refractivity contribution in [2.24, 2.45) is 5.92 Å². The van der Waals surface area contributed by atoms with Crippen LogP contribution in [-0.4, -0.2) is 61.1 Å². The SMILES string of the molecule is O=C(C1CCOCC1)N1CC(N2CCCC2)C1. The minimum Gasteiger partial charge on any atom is -0.381 e. The maximum atomic E-state index is 12.2. The van der Waals surface area contributed by atoms with Crippen LogP contribution in [0.1, 0.15) is 25.7 Å². The van der Waals surface area contributed by atoms with Gasteiger partial charge in [-0.3, -0.25) is 9.69 Å². The van der Waals surface area contributed by atoms with E-state index < -0.39 is 0 Å². The third kappa shape index (κ3) is 2.33. The fourth-order valence-electron chi connectivity index (χ4n) is 3.18. The molecular formula is C13H22N2O2. The number of rotatable bonds is 2. The summed E-state index contributed by atoms with van der Waals surface area (Å²) in [4.78, 5) is 16.8. The van der Waals surface area contributed by atoms with Crippen LogP contribution in [-0.2, 0) is 9.53 Å². The molecule has 0 N–H and O–H groups in total. The molecule has 0 aromatic rings. The molecule has 0 atom stereocenters. The summed E-state index contributed by atoms with van der Waals surface area (Å²) >= 11 is 0. The summed E-state index contributed by atoms with van der Waals surface area (Å²) in [6, 6.07) is 0.654. The van der Waals surface area contributed by atoms with Crippen LogP contribution >= 0.6 is 0 Å². The number of hydrogen-bond acceptors (Lipinski definition) is 3. The minimum atomic E-state index is 0.239. The zero-order valence-electron chi connectivity index (χ0n) is 10.4. The number of likely N-dealkylation sites (tertiary alicyclic amines) is 2. The molecule has 0 aliphatic carbocycles. The third-order valence-electron chi connectivity index (χ3n) is 4.40. The third-order valence-corrected chi connectivity index (χ3v) is 4.40. The molecule has 3 rings (SSSR count). The van der Waals surface area contributed by atoms with E-state index in [9.17, 15) is 4.79 Å². The molecule has 0 aromatic heterocycles. The second kappa shape index (κ2) is 4.94. The first-order chi connectivity index (χ1) is 8.34. The molecule has 96 valence electrons. The van der Waals surface area contributed by atoms with Crippen molar-refractivity contribution in [1.29, 1.82) is 0 Å². The predicted octanol–water partition coefficient (Wildman–Crippen LogP) is 0.720. The van der Waals surface area contributed by atoms with Gasteiger partial charge >= 0.3 is 0 Å². The highest BCUT2D eigenvalue weighted by molar-refractivity contribution is 5.79. The van der Waals surface area contributed by atoms with Crippen molar-refractivity contribution >= 4 is 5.91 Å². The monoisotopic (exact) mass is 238 g/mol. The van der Waals surface area contributed by atoms with E-state index in [4.69, 9.17) is 4.74 Å². The van der Waals surface area contributed by atoms with E-state index >= 15 is 0 Å². The molecule has 4 nitrogen and oxygen atoms in total. The Hall–Kier alpha value is -0.610. The molecule has 0 spiro atoms. The van der Waals surface area contributed by atoms with Crippen molar-refractivity contribution < 1.29 is 9.53 Å². The van der Waals surface area contributed by atoms with Gasteiger partial charge in [-0.1, -0.05) is 0 Å². The Kier molecular flexibility index (Phi) is 3.34. The maximum Gasteiger partial charge on any atom is 0.225 e. The van der Waals surface area contributed by atoms with Crippen LogP contribution in [0.15, 0.2) is 0 Å². The van der Waals surface area contributed by atoms with Gasteiger partial charge in [0.25, 0.3) is 0 Å². The van der Waals surface area contributed by atoms with Gasteiger partial charge in [0.05, 0.1) is 0 Å². The fraction of sp³-hybridized carbons (Fsp3) is 0.923. The summed E-state index contributed by atoms with van der Waals surface area (Å²) in [6.07, 6.45) is 4.52. The van der Waals surface area contributed by atoms with E-state index in [-0.39, 0.29) is 5.92 Å². The maximum absolute atomic E-state index is 12.2. The van der Waals surface area contributed by atoms with Gasteiger partial charge in [-0.2, -0.15) is 0 Å². The molecule has 3 aliphatic rings. The van der Waals surface area contributed by atoms with Gasteiger partial charge in [0.1, 0.15) is 0 Å². The molecule has 0 saturated carbocycles. The van der Waals surface area contributed by atoms with Crippen molar-refractivity contribution in [3.05, 3.63) is 0 Å². The lowest BCUT2D eigenvalue weighted by Gasteiger charge is -2.45. The second-order valence-corrected chi connectivity index (χ2v) is 5.53. The van der Waals surface area contributed by atoms with Crippen LogP contribution in [0.2, 0.25) is 0 Å². The van der Waals surface area contributed by atoms with Crippen molar-refractivity contribution in [2.45, 2.75) is 31.7 Å². The van der Waals surface area contributed by atoms with Gasteiger partial charge in [0.15, 0.2) is 0 Å². The number of amides is 1. The van der Waals surface area contributed by atoms with E-state index in [2.05, 4.69) is 9.80 Å². The standard InChI is InChI=1S/C13H22N2O2/c16-13(11-3-7-17-8-4-11)15-9-12(10-15)14-5-1-2-6-14/h11-12H,1-10H2. The lowest BCUT2D eigenvalue weighted by molar-refractivity contribution is -0.145. The summed E-state index contributed by atoms with van der Waals surface area (Å²) in [5.41, 5.74) is 0. The van der Waals surface area contributed by atoms with Gasteiger partial charge < -0.3 is 9.64 Å². The topological polar surface area (TPSA) is 32.8 Å². The first-order valence-corrected chi connectivity index (χ1v) is 6.95. The summed E-state index contributed by atoms with van der Waals surface area (Å²) in [5.74, 6) is 0.618. The Morgan fingerprint density at radius 3 is 2.35 bits per heavy atom. The van der Waals surface area contributed by atoms with Gasteiger partial charge in [-0.15, -0.1) is 0 Å². The second-order valence-electron chi connectivity index (χ2n) is 5.53. The summed E-state index contributed by atoms with van der Waals surface area (Å²) in [5, 5.41) is 0. The average Bonchev–Trinajstić information content (AvgIpc) is 2.82. The normalized spacial score (nSPS) is 28.4. The largest absolute Gasteiger partial charge is 0.381 e. The van der Waals surface area contributed by atoms with Crippen molar-refractivity contribution in [3.8, 4) is 0 Å². The molecular weight excluding hydrogens is 216 g/mol. The highest BCUT2D eigenvalue weighted by Gasteiger charge is 2.38. The van der Waals surface area contributed by atoms with E-state index in [1.54, 1.807) is 0 Å². The summed E-state index contributed by atoms with van der Waals surface area (Å²) < 4.78 is 5.30. The molecule has 3 heterocycles. The lowest BCUT2D eigenvalue weighted by atomic mass is 9.95. The number of ether oxygens (including phenoxy) is 1. The Morgan fingerprint density at radius 2 is 1.71 bits per heavy atom. The van der Waals surface area contributed by atoms with Crippen LogP contribution in [0.25, 0.3) is 0 Å². The fourth-order valence-corrected chi connectivity index (χ4v) is 3.18. The van der Waals surface area contributed by atoms with E-state index in [0.717, 1.165) is 39.1 Å². The molecule has 17 heavy (non-hydrogen) atoms. The molecule has 3 aliphatic heterocycles. The predicted molar refractivity (Wildman–Crippen MR) is 64.7 cm³/mol. The average molecular weight is 238 g/mol. The van der Waals surface area contributed by atoms with E-state index in [1.165, 1.54) is 25.9 Å². The van der Waals surface area contributed by atoms with Crippen LogP contribution in [0.3, 0.4) is 0 Å². The molecule has 0 aromatic carbocycles. The zero-order chi connectivity index (χ0) is 11.7. The Balaban J connectivity index is 1.46. The van der Waals surface area contributed by atoms with Crippen LogP contribution in [0.4, 0.5) is 0 Å². The Labute approximate surface area is 103 Å². The van der Waals surface area contributed by atoms with Crippen LogP contribution in [0.5, 0.6) is 0 Å². The number of hydrogen-bond donors (Lipinski definition) is 0. The molecule has 3 saturated heterocycles. The van der Waals surface area contributed by atoms with Gasteiger partial charge in [-0.25, -0.2) is 0 Å². The van der Waals surface area contributed by atoms with Crippen LogP contribution < -0.4 is 0 Å². The highest BCUT2D eigenvalue weighted by Crippen LogP contribution is 2.24. The molecule has 4 heteroatoms. The number of nitrogens with zero attached hydrogens (tertiary/aromatic N) is 2. The molecule has 0 radical (unpaired) electrons. The first kappa shape index (κ1) is 11.5. The molecule has 0 unspecified atom stereocenters. The smallest absolute Gasteiger partial charge is 0.225 e. The summed E-state index contributed by atoms with van der Waals surface area (Å²) in [6.45, 7) is 5.94. The summed E-state index contributed by atoms with van der Waals surface area (Å²) in [7, 11) is 0. The lowest BCUT2D eigenvalue weighted by Crippen LogP contribution is -2.61. The van der Waals surface area contributed by atoms with Crippen LogP contribution in [0, 0.1) is 5.92 Å². The van der Waals surface area contributed by atoms with Gasteiger partial charge in [0, 0.05) is 38.3 Å². The van der Waals surface area contributed by atoms with E-state index in [0.29, 0.717) is 11.9 Å². The molecule has 0 bridgehead atoms. The highest BCUT2D eigenvalue weighted by atomic mass is 16.5.